The molecule has 1 aliphatic carbocycles. The molecule has 1 aromatic heterocycles. The smallest absolute Gasteiger partial charge is 0.119 e. The van der Waals surface area contributed by atoms with E-state index < -0.39 is 5.54 Å². The first-order valence-electron chi connectivity index (χ1n) is 6.36. The van der Waals surface area contributed by atoms with Crippen molar-refractivity contribution < 1.29 is 0 Å². The van der Waals surface area contributed by atoms with Crippen LogP contribution in [0.25, 0.3) is 0 Å². The van der Waals surface area contributed by atoms with E-state index in [1.165, 1.54) is 0 Å². The maximum absolute atomic E-state index is 9.53. The normalized spacial score (nSPS) is 18.0. The summed E-state index contributed by atoms with van der Waals surface area (Å²) in [6, 6.07) is 2.50. The Morgan fingerprint density at radius 1 is 1.56 bits per heavy atom. The van der Waals surface area contributed by atoms with Gasteiger partial charge >= 0.3 is 0 Å². The summed E-state index contributed by atoms with van der Waals surface area (Å²) < 4.78 is 0. The van der Waals surface area contributed by atoms with Gasteiger partial charge in [-0.25, -0.2) is 4.98 Å². The van der Waals surface area contributed by atoms with Gasteiger partial charge in [0.25, 0.3) is 0 Å². The van der Waals surface area contributed by atoms with Crippen LogP contribution in [-0.4, -0.2) is 27.8 Å². The zero-order chi connectivity index (χ0) is 12.8. The minimum absolute atomic E-state index is 0.391. The molecule has 0 aromatic carbocycles. The van der Waals surface area contributed by atoms with Gasteiger partial charge in [0.05, 0.1) is 12.3 Å². The van der Waals surface area contributed by atoms with Gasteiger partial charge in [0, 0.05) is 18.1 Å². The van der Waals surface area contributed by atoms with Gasteiger partial charge in [0.2, 0.25) is 0 Å². The van der Waals surface area contributed by atoms with Gasteiger partial charge in [-0.1, -0.05) is 6.92 Å². The predicted octanol–water partition coefficient (Wildman–Crippen LogP) is 2.24. The molecule has 1 heterocycles. The Hall–Kier alpha value is -1.12. The molecule has 0 spiro atoms. The van der Waals surface area contributed by atoms with Crippen LogP contribution in [0.1, 0.15) is 26.2 Å². The maximum Gasteiger partial charge on any atom is 0.119 e. The lowest BCUT2D eigenvalue weighted by atomic mass is 9.97. The Labute approximate surface area is 112 Å². The number of thioether (sulfide) groups is 1. The van der Waals surface area contributed by atoms with Gasteiger partial charge in [0.1, 0.15) is 10.6 Å². The van der Waals surface area contributed by atoms with E-state index in [-0.39, 0.29) is 0 Å². The second-order valence-corrected chi connectivity index (χ2v) is 5.61. The number of nitrogens with one attached hydrogen (secondary N) is 1. The maximum atomic E-state index is 9.53. The van der Waals surface area contributed by atoms with E-state index in [9.17, 15) is 5.26 Å². The molecular formula is C13H18N4S. The lowest BCUT2D eigenvalue weighted by Crippen LogP contribution is -2.48. The first-order chi connectivity index (χ1) is 8.80. The molecule has 1 saturated carbocycles. The fourth-order valence-electron chi connectivity index (χ4n) is 1.95. The van der Waals surface area contributed by atoms with Crippen molar-refractivity contribution in [3.63, 3.8) is 0 Å². The van der Waals surface area contributed by atoms with Crippen LogP contribution in [0, 0.1) is 17.2 Å². The van der Waals surface area contributed by atoms with Crippen molar-refractivity contribution in [1.29, 1.82) is 5.26 Å². The molecule has 4 nitrogen and oxygen atoms in total. The van der Waals surface area contributed by atoms with E-state index in [4.69, 9.17) is 0 Å². The molecule has 1 N–H and O–H groups in total. The zero-order valence-electron chi connectivity index (χ0n) is 10.6. The fourth-order valence-corrected chi connectivity index (χ4v) is 3.00. The second kappa shape index (κ2) is 6.17. The van der Waals surface area contributed by atoms with E-state index in [1.807, 2.05) is 0 Å². The van der Waals surface area contributed by atoms with Crippen molar-refractivity contribution in [2.75, 3.05) is 12.3 Å². The van der Waals surface area contributed by atoms with Crippen molar-refractivity contribution in [1.82, 2.24) is 15.3 Å². The van der Waals surface area contributed by atoms with Crippen LogP contribution in [0.5, 0.6) is 0 Å². The van der Waals surface area contributed by atoms with Crippen molar-refractivity contribution in [2.45, 2.75) is 36.8 Å². The number of aromatic nitrogens is 2. The van der Waals surface area contributed by atoms with E-state index >= 15 is 0 Å². The van der Waals surface area contributed by atoms with Gasteiger partial charge in [-0.2, -0.15) is 5.26 Å². The van der Waals surface area contributed by atoms with Crippen molar-refractivity contribution in [3.05, 3.63) is 18.6 Å². The molecule has 1 aromatic rings. The van der Waals surface area contributed by atoms with Crippen molar-refractivity contribution in [2.24, 2.45) is 5.92 Å². The van der Waals surface area contributed by atoms with E-state index in [0.717, 1.165) is 36.6 Å². The molecule has 5 heteroatoms. The highest BCUT2D eigenvalue weighted by molar-refractivity contribution is 7.99. The van der Waals surface area contributed by atoms with E-state index in [2.05, 4.69) is 28.3 Å². The molecule has 0 aliphatic heterocycles. The van der Waals surface area contributed by atoms with E-state index in [1.54, 1.807) is 30.4 Å². The number of hydrogen-bond acceptors (Lipinski definition) is 5. The molecule has 1 fully saturated rings. The minimum atomic E-state index is -0.391. The summed E-state index contributed by atoms with van der Waals surface area (Å²) in [6.45, 7) is 3.02. The number of hydrogen-bond donors (Lipinski definition) is 1. The molecule has 0 radical (unpaired) electrons. The molecule has 2 rings (SSSR count). The molecule has 1 aliphatic rings. The summed E-state index contributed by atoms with van der Waals surface area (Å²) in [7, 11) is 0. The molecule has 1 atom stereocenters. The van der Waals surface area contributed by atoms with Crippen LogP contribution in [-0.2, 0) is 0 Å². The Morgan fingerprint density at radius 2 is 2.39 bits per heavy atom. The lowest BCUT2D eigenvalue weighted by molar-refractivity contribution is 0.405. The van der Waals surface area contributed by atoms with Gasteiger partial charge in [-0.15, -0.1) is 11.8 Å². The fraction of sp³-hybridized carbons (Fsp3) is 0.615. The molecule has 18 heavy (non-hydrogen) atoms. The minimum Gasteiger partial charge on any atom is -0.298 e. The second-order valence-electron chi connectivity index (χ2n) is 4.62. The first kappa shape index (κ1) is 13.3. The Kier molecular flexibility index (Phi) is 4.56. The van der Waals surface area contributed by atoms with Crippen LogP contribution in [0.15, 0.2) is 23.6 Å². The summed E-state index contributed by atoms with van der Waals surface area (Å²) >= 11 is 1.61. The molecule has 96 valence electrons. The summed E-state index contributed by atoms with van der Waals surface area (Å²) in [5.74, 6) is 1.24. The first-order valence-corrected chi connectivity index (χ1v) is 7.34. The standard InChI is InChI=1S/C13H18N4S/c1-2-5-17-13(9-14,11-3-4-11)10-18-12-8-15-6-7-16-12/h6-8,11,17H,2-5,10H2,1H3. The Bertz CT molecular complexity index is 413. The third-order valence-corrected chi connectivity index (χ3v) is 4.26. The Morgan fingerprint density at radius 3 is 2.94 bits per heavy atom. The van der Waals surface area contributed by atoms with E-state index in [0.29, 0.717) is 5.92 Å². The Balaban J connectivity index is 1.99. The van der Waals surface area contributed by atoms with Crippen LogP contribution in [0.4, 0.5) is 0 Å². The number of rotatable bonds is 7. The molecule has 1 unspecified atom stereocenters. The highest BCUT2D eigenvalue weighted by atomic mass is 32.2. The third kappa shape index (κ3) is 3.21. The summed E-state index contributed by atoms with van der Waals surface area (Å²) in [5.41, 5.74) is -0.391. The predicted molar refractivity (Wildman–Crippen MR) is 72.1 cm³/mol. The van der Waals surface area contributed by atoms with Gasteiger partial charge < -0.3 is 0 Å². The largest absolute Gasteiger partial charge is 0.298 e. The van der Waals surface area contributed by atoms with Crippen LogP contribution in [0.2, 0.25) is 0 Å². The highest BCUT2D eigenvalue weighted by Gasteiger charge is 2.45. The SMILES string of the molecule is CCCNC(C#N)(CSc1cnccn1)C1CC1. The summed E-state index contributed by atoms with van der Waals surface area (Å²) in [5, 5.41) is 13.8. The number of nitrogens with zero attached hydrogens (tertiary/aromatic N) is 3. The van der Waals surface area contributed by atoms with Gasteiger partial charge in [-0.3, -0.25) is 10.3 Å². The van der Waals surface area contributed by atoms with Crippen LogP contribution in [0.3, 0.4) is 0 Å². The highest BCUT2D eigenvalue weighted by Crippen LogP contribution is 2.41. The number of nitriles is 1. The van der Waals surface area contributed by atoms with Crippen LogP contribution >= 0.6 is 11.8 Å². The average Bonchev–Trinajstić information content (AvgIpc) is 3.26. The quantitative estimate of drug-likeness (QED) is 0.764. The molecule has 0 bridgehead atoms. The molecule has 0 amide bonds. The molecular weight excluding hydrogens is 244 g/mol. The van der Waals surface area contributed by atoms with Crippen molar-refractivity contribution in [3.8, 4) is 6.07 Å². The van der Waals surface area contributed by atoms with Crippen LogP contribution < -0.4 is 5.32 Å². The average molecular weight is 262 g/mol. The van der Waals surface area contributed by atoms with Crippen molar-refractivity contribution >= 4 is 11.8 Å². The lowest BCUT2D eigenvalue weighted by Gasteiger charge is -2.27. The topological polar surface area (TPSA) is 61.6 Å². The van der Waals surface area contributed by atoms with Gasteiger partial charge in [-0.05, 0) is 31.7 Å². The summed E-state index contributed by atoms with van der Waals surface area (Å²) in [6.07, 6.45) is 8.47. The zero-order valence-corrected chi connectivity index (χ0v) is 11.4. The third-order valence-electron chi connectivity index (χ3n) is 3.15. The summed E-state index contributed by atoms with van der Waals surface area (Å²) in [4.78, 5) is 8.29. The monoisotopic (exact) mass is 262 g/mol. The van der Waals surface area contributed by atoms with Gasteiger partial charge in [0.15, 0.2) is 0 Å². The molecule has 0 saturated heterocycles.